The molecule has 250 valence electrons. The van der Waals surface area contributed by atoms with Crippen LogP contribution >= 0.6 is 0 Å². The molecule has 0 saturated heterocycles. The van der Waals surface area contributed by atoms with E-state index in [-0.39, 0.29) is 5.92 Å². The average Bonchev–Trinajstić information content (AvgIpc) is 3.81. The zero-order chi connectivity index (χ0) is 36.9. The molecule has 1 unspecified atom stereocenters. The molecule has 3 nitrogen and oxygen atoms in total. The smallest absolute Gasteiger partial charge is 0.417 e. The van der Waals surface area contributed by atoms with E-state index < -0.39 is 20.1 Å². The SMILES string of the molecule is [2H]C([2H])(c1cc[n+]2c(c1)-c1c(ccc3c1oc1c3ccc3c4ccccc4c4ccccc4c31)C21c2ccccc2-c2ccc([Si](C)(C)C)c[n+]21)C(C)C. The number of hydrogen-bond donors (Lipinski definition) is 0. The third-order valence-electron chi connectivity index (χ3n) is 11.6. The maximum Gasteiger partial charge on any atom is 0.417 e. The molecule has 6 aromatic carbocycles. The largest absolute Gasteiger partial charge is 0.454 e. The Balaban J connectivity index is 1.32. The Kier molecular flexibility index (Phi) is 5.54. The predicted molar refractivity (Wildman–Crippen MR) is 217 cm³/mol. The predicted octanol–water partition coefficient (Wildman–Crippen LogP) is 10.6. The number of benzene rings is 6. The number of nitrogens with zero attached hydrogens (tertiary/aromatic N) is 2. The van der Waals surface area contributed by atoms with Gasteiger partial charge in [-0.05, 0) is 75.1 Å². The van der Waals surface area contributed by atoms with Crippen LogP contribution in [0, 0.1) is 5.92 Å². The van der Waals surface area contributed by atoms with Crippen molar-refractivity contribution in [3.63, 3.8) is 0 Å². The monoisotopic (exact) mass is 690 g/mol. The van der Waals surface area contributed by atoms with Crippen molar-refractivity contribution < 1.29 is 16.3 Å². The van der Waals surface area contributed by atoms with Gasteiger partial charge in [-0.25, -0.2) is 0 Å². The summed E-state index contributed by atoms with van der Waals surface area (Å²) in [6.45, 7) is 11.1. The molecule has 0 fully saturated rings. The van der Waals surface area contributed by atoms with E-state index in [2.05, 4.69) is 156 Å². The number of hydrogen-bond acceptors (Lipinski definition) is 1. The van der Waals surface area contributed by atoms with Gasteiger partial charge in [0.15, 0.2) is 12.4 Å². The molecule has 0 saturated carbocycles. The van der Waals surface area contributed by atoms with Crippen LogP contribution in [0.4, 0.5) is 0 Å². The highest BCUT2D eigenvalue weighted by molar-refractivity contribution is 6.88. The van der Waals surface area contributed by atoms with Gasteiger partial charge in [0.1, 0.15) is 27.9 Å². The minimum Gasteiger partial charge on any atom is -0.454 e. The topological polar surface area (TPSA) is 20.9 Å². The zero-order valence-corrected chi connectivity index (χ0v) is 31.1. The molecule has 1 atom stereocenters. The molecular weight excluding hydrogens is 649 g/mol. The number of fused-ring (bicyclic) bond motifs is 21. The van der Waals surface area contributed by atoms with Crippen molar-refractivity contribution in [2.75, 3.05) is 0 Å². The second-order valence-corrected chi connectivity index (χ2v) is 21.1. The summed E-state index contributed by atoms with van der Waals surface area (Å²) in [6.07, 6.45) is 3.02. The summed E-state index contributed by atoms with van der Waals surface area (Å²) in [4.78, 5) is 0. The molecule has 52 heavy (non-hydrogen) atoms. The lowest BCUT2D eigenvalue weighted by molar-refractivity contribution is -0.954. The highest BCUT2D eigenvalue weighted by atomic mass is 28.3. The van der Waals surface area contributed by atoms with Gasteiger partial charge in [0, 0.05) is 42.3 Å². The second kappa shape index (κ2) is 10.3. The fraction of sp³-hybridized carbons (Fsp3) is 0.167. The first-order chi connectivity index (χ1) is 26.0. The summed E-state index contributed by atoms with van der Waals surface area (Å²) < 4.78 is 30.7. The average molecular weight is 691 g/mol. The first-order valence-corrected chi connectivity index (χ1v) is 22.0. The maximum absolute atomic E-state index is 9.22. The number of furan rings is 1. The van der Waals surface area contributed by atoms with Crippen LogP contribution in [0.2, 0.25) is 19.6 Å². The summed E-state index contributed by atoms with van der Waals surface area (Å²) in [7, 11) is -1.71. The highest BCUT2D eigenvalue weighted by Gasteiger charge is 2.67. The quantitative estimate of drug-likeness (QED) is 0.103. The van der Waals surface area contributed by atoms with E-state index in [0.29, 0.717) is 5.56 Å². The first kappa shape index (κ1) is 28.1. The second-order valence-electron chi connectivity index (χ2n) is 16.0. The van der Waals surface area contributed by atoms with E-state index >= 15 is 0 Å². The van der Waals surface area contributed by atoms with E-state index in [1.165, 1.54) is 48.9 Å². The third-order valence-corrected chi connectivity index (χ3v) is 13.7. The van der Waals surface area contributed by atoms with Crippen molar-refractivity contribution in [3.05, 3.63) is 150 Å². The third kappa shape index (κ3) is 3.75. The Morgan fingerprint density at radius 1 is 0.635 bits per heavy atom. The van der Waals surface area contributed by atoms with Gasteiger partial charge >= 0.3 is 5.66 Å². The van der Waals surface area contributed by atoms with Gasteiger partial charge in [-0.2, -0.15) is 0 Å². The van der Waals surface area contributed by atoms with Crippen LogP contribution < -0.4 is 14.3 Å². The summed E-state index contributed by atoms with van der Waals surface area (Å²) in [6, 6.07) is 44.0. The van der Waals surface area contributed by atoms with Crippen LogP contribution in [-0.4, -0.2) is 8.07 Å². The Labute approximate surface area is 307 Å². The van der Waals surface area contributed by atoms with Gasteiger partial charge < -0.3 is 4.42 Å². The molecule has 2 aliphatic heterocycles. The first-order valence-electron chi connectivity index (χ1n) is 19.5. The molecule has 9 aromatic rings. The van der Waals surface area contributed by atoms with Crippen LogP contribution in [0.25, 0.3) is 76.8 Å². The van der Waals surface area contributed by atoms with Crippen molar-refractivity contribution in [3.8, 4) is 22.5 Å². The van der Waals surface area contributed by atoms with Crippen molar-refractivity contribution in [2.45, 2.75) is 45.5 Å². The molecule has 0 bridgehead atoms. The lowest BCUT2D eigenvalue weighted by Gasteiger charge is -2.20. The minimum absolute atomic E-state index is 0.201. The maximum atomic E-state index is 9.22. The molecule has 0 radical (unpaired) electrons. The van der Waals surface area contributed by atoms with Crippen LogP contribution in [0.3, 0.4) is 0 Å². The van der Waals surface area contributed by atoms with Crippen molar-refractivity contribution >= 4 is 67.5 Å². The van der Waals surface area contributed by atoms with Gasteiger partial charge in [0.25, 0.3) is 0 Å². The Bertz CT molecular complexity index is 3080. The highest BCUT2D eigenvalue weighted by Crippen LogP contribution is 2.51. The summed E-state index contributed by atoms with van der Waals surface area (Å²) >= 11 is 0. The molecule has 3 aromatic heterocycles. The summed E-state index contributed by atoms with van der Waals surface area (Å²) in [5.74, 6) is -0.201. The van der Waals surface area contributed by atoms with Crippen LogP contribution in [0.1, 0.15) is 33.3 Å². The molecule has 0 N–H and O–H groups in total. The van der Waals surface area contributed by atoms with Gasteiger partial charge in [-0.1, -0.05) is 106 Å². The van der Waals surface area contributed by atoms with Gasteiger partial charge in [0.05, 0.1) is 13.6 Å². The van der Waals surface area contributed by atoms with Crippen molar-refractivity contribution in [1.29, 1.82) is 0 Å². The standard InChI is InChI=1S/C48H40N2OSi/c1-29(2)26-30-24-25-49-43(27-30)45-41(48(49)40-17-11-10-16-39(40)42-23-18-31(28-50(42)48)52(3,4)5)22-21-38-37-20-19-36-34-14-7-6-12-32(34)33-13-8-9-15-35(33)44(36)46(37)51-47(38)45/h6-25,27-29H,26H2,1-5H3/q+2/i26D2. The van der Waals surface area contributed by atoms with E-state index in [1.54, 1.807) is 0 Å². The normalized spacial score (nSPS) is 17.0. The van der Waals surface area contributed by atoms with Crippen LogP contribution in [0.5, 0.6) is 0 Å². The van der Waals surface area contributed by atoms with Gasteiger partial charge in [-0.3, -0.25) is 0 Å². The van der Waals surface area contributed by atoms with E-state index in [4.69, 9.17) is 4.42 Å². The number of pyridine rings is 2. The molecule has 1 spiro atoms. The van der Waals surface area contributed by atoms with Gasteiger partial charge in [0.2, 0.25) is 11.4 Å². The summed E-state index contributed by atoms with van der Waals surface area (Å²) in [5, 5.41) is 10.7. The zero-order valence-electron chi connectivity index (χ0n) is 32.1. The Morgan fingerprint density at radius 3 is 2.02 bits per heavy atom. The lowest BCUT2D eigenvalue weighted by Crippen LogP contribution is -2.72. The number of rotatable bonds is 3. The van der Waals surface area contributed by atoms with Crippen molar-refractivity contribution in [2.24, 2.45) is 5.92 Å². The Hall–Kier alpha value is -5.58. The van der Waals surface area contributed by atoms with E-state index in [1.807, 2.05) is 19.9 Å². The van der Waals surface area contributed by atoms with E-state index in [9.17, 15) is 2.74 Å². The molecule has 5 heterocycles. The number of aromatic nitrogens is 2. The molecule has 0 aliphatic carbocycles. The molecule has 4 heteroatoms. The molecule has 0 amide bonds. The van der Waals surface area contributed by atoms with Gasteiger partial charge in [-0.15, -0.1) is 9.13 Å². The fourth-order valence-corrected chi connectivity index (χ4v) is 10.5. The van der Waals surface area contributed by atoms with E-state index in [0.717, 1.165) is 44.1 Å². The van der Waals surface area contributed by atoms with Crippen LogP contribution in [-0.2, 0) is 12.0 Å². The molecular formula is C48H40N2OSi+2. The fourth-order valence-electron chi connectivity index (χ4n) is 9.45. The Morgan fingerprint density at radius 2 is 1.27 bits per heavy atom. The van der Waals surface area contributed by atoms with Crippen molar-refractivity contribution in [1.82, 2.24) is 0 Å². The minimum atomic E-state index is -1.71. The van der Waals surface area contributed by atoms with Crippen LogP contribution in [0.15, 0.2) is 138 Å². The summed E-state index contributed by atoms with van der Waals surface area (Å²) in [5.41, 5.74) is 8.40. The molecule has 2 aliphatic rings. The molecule has 11 rings (SSSR count). The lowest BCUT2D eigenvalue weighted by atomic mass is 9.89.